The third-order valence-electron chi connectivity index (χ3n) is 9.28. The van der Waals surface area contributed by atoms with E-state index >= 15 is 0 Å². The molecule has 1 saturated heterocycles. The molecule has 9 heteroatoms. The van der Waals surface area contributed by atoms with Gasteiger partial charge in [0.05, 0.1) is 18.5 Å². The monoisotopic (exact) mass is 659 g/mol. The van der Waals surface area contributed by atoms with Gasteiger partial charge in [-0.15, -0.1) is 0 Å². The molecule has 0 aliphatic carbocycles. The molecule has 6 rings (SSSR count). The van der Waals surface area contributed by atoms with Gasteiger partial charge in [-0.3, -0.25) is 19.2 Å². The van der Waals surface area contributed by atoms with Gasteiger partial charge < -0.3 is 15.0 Å². The predicted molar refractivity (Wildman–Crippen MR) is 183 cm³/mol. The molecule has 4 aromatic rings. The number of nitrogens with zero attached hydrogens (tertiary/aromatic N) is 2. The van der Waals surface area contributed by atoms with E-state index in [-0.39, 0.29) is 44.0 Å². The third-order valence-corrected chi connectivity index (χ3v) is 9.28. The lowest BCUT2D eigenvalue weighted by Crippen LogP contribution is -2.57. The number of piperidine rings is 1. The first-order valence-corrected chi connectivity index (χ1v) is 16.8. The van der Waals surface area contributed by atoms with Crippen LogP contribution in [0.3, 0.4) is 0 Å². The Bertz CT molecular complexity index is 1720. The van der Waals surface area contributed by atoms with Crippen LogP contribution in [0.15, 0.2) is 115 Å². The molecule has 0 bridgehead atoms. The number of carbonyl (C=O) groups excluding carboxylic acids is 4. The molecule has 4 atom stereocenters. The van der Waals surface area contributed by atoms with Gasteiger partial charge in [0.1, 0.15) is 25.3 Å². The summed E-state index contributed by atoms with van der Waals surface area (Å²) in [6.07, 6.45) is 3.11. The van der Waals surface area contributed by atoms with Crippen molar-refractivity contribution in [3.05, 3.63) is 143 Å². The van der Waals surface area contributed by atoms with Crippen molar-refractivity contribution in [3.63, 3.8) is 0 Å². The van der Waals surface area contributed by atoms with Crippen molar-refractivity contribution in [2.24, 2.45) is 5.92 Å². The average Bonchev–Trinajstić information content (AvgIpc) is 3.27. The first-order valence-electron chi connectivity index (χ1n) is 16.8. The van der Waals surface area contributed by atoms with Crippen LogP contribution in [0.4, 0.5) is 0 Å². The zero-order chi connectivity index (χ0) is 34.0. The van der Waals surface area contributed by atoms with Crippen molar-refractivity contribution in [1.82, 2.24) is 15.3 Å². The second-order valence-corrected chi connectivity index (χ2v) is 12.6. The van der Waals surface area contributed by atoms with Gasteiger partial charge in [0.25, 0.3) is 0 Å². The van der Waals surface area contributed by atoms with Gasteiger partial charge in [0.2, 0.25) is 18.2 Å². The second kappa shape index (κ2) is 16.2. The minimum atomic E-state index is -0.922. The standard InChI is InChI=1S/C40H41N3O6/c44-28-42(49-27-31-17-8-3-9-18-31)25-33(23-29-13-4-1-5-14-29)38(45)41-35-24-32-19-10-11-20-34(32)36-21-12-22-37(43(36)39(35)46)40(47)48-26-30-15-6-2-7-16-30/h1-11,13-20,28,33,35-37H,12,21-27H2,(H,41,45)/t33-,35+,36-,37+/m1/s1. The summed E-state index contributed by atoms with van der Waals surface area (Å²) in [6, 6.07) is 34.3. The van der Waals surface area contributed by atoms with Crippen LogP contribution in [0.25, 0.3) is 0 Å². The molecule has 0 spiro atoms. The van der Waals surface area contributed by atoms with Crippen molar-refractivity contribution in [2.45, 2.75) is 63.4 Å². The van der Waals surface area contributed by atoms with Gasteiger partial charge in [0, 0.05) is 6.42 Å². The third kappa shape index (κ3) is 8.42. The smallest absolute Gasteiger partial charge is 0.329 e. The predicted octanol–water partition coefficient (Wildman–Crippen LogP) is 5.34. The molecule has 1 fully saturated rings. The Morgan fingerprint density at radius 3 is 2.10 bits per heavy atom. The summed E-state index contributed by atoms with van der Waals surface area (Å²) < 4.78 is 5.75. The fourth-order valence-electron chi connectivity index (χ4n) is 6.82. The first-order chi connectivity index (χ1) is 24.0. The highest BCUT2D eigenvalue weighted by molar-refractivity contribution is 5.92. The summed E-state index contributed by atoms with van der Waals surface area (Å²) in [4.78, 5) is 61.9. The average molecular weight is 660 g/mol. The molecule has 252 valence electrons. The van der Waals surface area contributed by atoms with E-state index in [0.29, 0.717) is 25.7 Å². The van der Waals surface area contributed by atoms with Crippen molar-refractivity contribution in [3.8, 4) is 0 Å². The van der Waals surface area contributed by atoms with E-state index in [2.05, 4.69) is 5.32 Å². The van der Waals surface area contributed by atoms with Crippen molar-refractivity contribution in [1.29, 1.82) is 0 Å². The molecule has 4 aromatic carbocycles. The number of benzene rings is 4. The quantitative estimate of drug-likeness (QED) is 0.118. The fourth-order valence-corrected chi connectivity index (χ4v) is 6.82. The number of hydroxylamine groups is 2. The lowest BCUT2D eigenvalue weighted by atomic mass is 9.89. The fraction of sp³-hybridized carbons (Fsp3) is 0.300. The molecule has 0 unspecified atom stereocenters. The maximum Gasteiger partial charge on any atom is 0.329 e. The summed E-state index contributed by atoms with van der Waals surface area (Å²) in [5.74, 6) is -1.88. The number of ether oxygens (including phenoxy) is 1. The molecule has 2 aliphatic heterocycles. The van der Waals surface area contributed by atoms with E-state index in [9.17, 15) is 19.2 Å². The van der Waals surface area contributed by atoms with Gasteiger partial charge in [-0.1, -0.05) is 115 Å². The number of esters is 1. The summed E-state index contributed by atoms with van der Waals surface area (Å²) in [6.45, 7) is 0.255. The lowest BCUT2D eigenvalue weighted by molar-refractivity contribution is -0.182. The minimum absolute atomic E-state index is 0.0185. The van der Waals surface area contributed by atoms with Crippen molar-refractivity contribution >= 4 is 24.2 Å². The molecule has 0 saturated carbocycles. The van der Waals surface area contributed by atoms with Crippen molar-refractivity contribution in [2.75, 3.05) is 6.54 Å². The van der Waals surface area contributed by atoms with Crippen LogP contribution in [-0.2, 0) is 54.8 Å². The summed E-state index contributed by atoms with van der Waals surface area (Å²) >= 11 is 0. The maximum atomic E-state index is 14.5. The van der Waals surface area contributed by atoms with E-state index in [4.69, 9.17) is 9.57 Å². The molecular formula is C40H41N3O6. The van der Waals surface area contributed by atoms with Gasteiger partial charge in [-0.25, -0.2) is 9.86 Å². The van der Waals surface area contributed by atoms with Crippen LogP contribution in [0.5, 0.6) is 0 Å². The van der Waals surface area contributed by atoms with Crippen LogP contribution in [-0.4, -0.2) is 52.8 Å². The molecule has 9 nitrogen and oxygen atoms in total. The minimum Gasteiger partial charge on any atom is -0.459 e. The maximum absolute atomic E-state index is 14.5. The Kier molecular flexibility index (Phi) is 11.1. The van der Waals surface area contributed by atoms with E-state index in [1.54, 1.807) is 4.90 Å². The van der Waals surface area contributed by atoms with Crippen LogP contribution in [0.2, 0.25) is 0 Å². The lowest BCUT2D eigenvalue weighted by Gasteiger charge is -2.41. The van der Waals surface area contributed by atoms with Gasteiger partial charge in [-0.2, -0.15) is 0 Å². The topological polar surface area (TPSA) is 105 Å². The Hall–Kier alpha value is -5.28. The first kappa shape index (κ1) is 33.6. The van der Waals surface area contributed by atoms with Gasteiger partial charge in [0.15, 0.2) is 0 Å². The molecule has 2 aliphatic rings. The number of hydrogen-bond acceptors (Lipinski definition) is 6. The number of fused-ring (bicyclic) bond motifs is 3. The number of rotatable bonds is 13. The highest BCUT2D eigenvalue weighted by Gasteiger charge is 2.45. The molecule has 2 heterocycles. The number of hydrogen-bond donors (Lipinski definition) is 1. The zero-order valence-electron chi connectivity index (χ0n) is 27.4. The van der Waals surface area contributed by atoms with Crippen LogP contribution >= 0.6 is 0 Å². The molecule has 0 radical (unpaired) electrons. The van der Waals surface area contributed by atoms with Crippen LogP contribution in [0, 0.1) is 5.92 Å². The number of amides is 3. The molecule has 49 heavy (non-hydrogen) atoms. The van der Waals surface area contributed by atoms with Crippen LogP contribution in [0.1, 0.15) is 53.1 Å². The van der Waals surface area contributed by atoms with E-state index < -0.39 is 24.0 Å². The zero-order valence-corrected chi connectivity index (χ0v) is 27.4. The normalized spacial score (nSPS) is 19.1. The van der Waals surface area contributed by atoms with Crippen LogP contribution < -0.4 is 5.32 Å². The molecule has 0 aromatic heterocycles. The highest BCUT2D eigenvalue weighted by Crippen LogP contribution is 2.39. The van der Waals surface area contributed by atoms with Gasteiger partial charge in [-0.05, 0) is 53.5 Å². The van der Waals surface area contributed by atoms with Crippen molar-refractivity contribution < 1.29 is 28.8 Å². The molecule has 1 N–H and O–H groups in total. The Balaban J connectivity index is 1.23. The Morgan fingerprint density at radius 1 is 0.816 bits per heavy atom. The molecular weight excluding hydrogens is 618 g/mol. The van der Waals surface area contributed by atoms with E-state index in [0.717, 1.165) is 39.3 Å². The van der Waals surface area contributed by atoms with Gasteiger partial charge >= 0.3 is 5.97 Å². The summed E-state index contributed by atoms with van der Waals surface area (Å²) in [5, 5.41) is 4.19. The highest BCUT2D eigenvalue weighted by atomic mass is 16.7. The Morgan fingerprint density at radius 2 is 1.43 bits per heavy atom. The number of carbonyl (C=O) groups is 4. The largest absolute Gasteiger partial charge is 0.459 e. The Labute approximate surface area is 286 Å². The SMILES string of the molecule is O=CN(C[C@@H](Cc1ccccc1)C(=O)N[C@H]1Cc2ccccc2[C@H]2CCC[C@@H](C(=O)OCc3ccccc3)N2C1=O)OCc1ccccc1. The van der Waals surface area contributed by atoms with E-state index in [1.807, 2.05) is 115 Å². The summed E-state index contributed by atoms with van der Waals surface area (Å²) in [7, 11) is 0. The van der Waals surface area contributed by atoms with E-state index in [1.165, 1.54) is 0 Å². The summed E-state index contributed by atoms with van der Waals surface area (Å²) in [5.41, 5.74) is 4.59. The molecule has 3 amide bonds. The number of nitrogens with one attached hydrogen (secondary N) is 1. The second-order valence-electron chi connectivity index (χ2n) is 12.6.